The predicted molar refractivity (Wildman–Crippen MR) is 159 cm³/mol. The summed E-state index contributed by atoms with van der Waals surface area (Å²) in [5, 5.41) is 10.6. The molecule has 3 N–H and O–H groups in total. The van der Waals surface area contributed by atoms with Crippen molar-refractivity contribution in [3.8, 4) is 0 Å². The molecule has 36 heavy (non-hydrogen) atoms. The molecule has 0 radical (unpaired) electrons. The molecule has 0 aromatic rings. The van der Waals surface area contributed by atoms with E-state index in [1.165, 1.54) is 148 Å². The topological polar surface area (TPSA) is 36.1 Å². The Balaban J connectivity index is 0.000000201. The molecule has 0 spiro atoms. The van der Waals surface area contributed by atoms with E-state index in [-0.39, 0.29) is 0 Å². The molecule has 4 saturated carbocycles. The van der Waals surface area contributed by atoms with Crippen LogP contribution in [0, 0.1) is 23.7 Å². The fraction of sp³-hybridized carbons (Fsp3) is 1.00. The van der Waals surface area contributed by atoms with Crippen LogP contribution in [0.1, 0.15) is 148 Å². The molecule has 4 fully saturated rings. The Morgan fingerprint density at radius 1 is 0.306 bits per heavy atom. The highest BCUT2D eigenvalue weighted by molar-refractivity contribution is 4.76. The second-order valence-corrected chi connectivity index (χ2v) is 13.1. The summed E-state index contributed by atoms with van der Waals surface area (Å²) in [6, 6.07) is 0. The lowest BCUT2D eigenvalue weighted by Gasteiger charge is -2.06. The van der Waals surface area contributed by atoms with Gasteiger partial charge in [0.2, 0.25) is 0 Å². The van der Waals surface area contributed by atoms with Crippen LogP contribution in [0.25, 0.3) is 0 Å². The SMILES string of the molecule is C(CCCCCCC1CC1)CCCCCC1CC1.C(CCNCC1CC1)CNCCCNCC1CC1. The van der Waals surface area contributed by atoms with Crippen LogP contribution in [0.4, 0.5) is 0 Å². The highest BCUT2D eigenvalue weighted by Crippen LogP contribution is 2.35. The first-order valence-electron chi connectivity index (χ1n) is 17.0. The van der Waals surface area contributed by atoms with Gasteiger partial charge < -0.3 is 16.0 Å². The van der Waals surface area contributed by atoms with Crippen molar-refractivity contribution in [2.24, 2.45) is 23.7 Å². The first kappa shape index (κ1) is 30.4. The molecule has 0 aliphatic heterocycles. The first-order chi connectivity index (χ1) is 17.9. The second kappa shape index (κ2) is 20.8. The van der Waals surface area contributed by atoms with E-state index in [1.54, 1.807) is 38.5 Å². The smallest absolute Gasteiger partial charge is 0.00205 e. The number of rotatable bonds is 26. The maximum atomic E-state index is 3.54. The third-order valence-electron chi connectivity index (χ3n) is 8.79. The van der Waals surface area contributed by atoms with E-state index in [2.05, 4.69) is 16.0 Å². The normalized spacial score (nSPS) is 19.3. The molecule has 0 unspecified atom stereocenters. The monoisotopic (exact) mass is 504 g/mol. The fourth-order valence-corrected chi connectivity index (χ4v) is 5.31. The molecule has 4 aliphatic rings. The van der Waals surface area contributed by atoms with E-state index in [0.717, 1.165) is 23.7 Å². The lowest BCUT2D eigenvalue weighted by atomic mass is 10.0. The summed E-state index contributed by atoms with van der Waals surface area (Å²) in [4.78, 5) is 0. The van der Waals surface area contributed by atoms with Crippen LogP contribution >= 0.6 is 0 Å². The third-order valence-corrected chi connectivity index (χ3v) is 8.79. The molecule has 0 aromatic carbocycles. The molecule has 4 aliphatic carbocycles. The highest BCUT2D eigenvalue weighted by atomic mass is 14.9. The Labute approximate surface area is 226 Å². The zero-order valence-electron chi connectivity index (χ0n) is 24.3. The molecule has 3 nitrogen and oxygen atoms in total. The second-order valence-electron chi connectivity index (χ2n) is 13.1. The zero-order valence-corrected chi connectivity index (χ0v) is 24.3. The van der Waals surface area contributed by atoms with E-state index < -0.39 is 0 Å². The molecule has 3 heteroatoms. The van der Waals surface area contributed by atoms with Crippen LogP contribution in [-0.2, 0) is 0 Å². The van der Waals surface area contributed by atoms with Crippen molar-refractivity contribution in [1.29, 1.82) is 0 Å². The summed E-state index contributed by atoms with van der Waals surface area (Å²) in [5.74, 6) is 4.34. The van der Waals surface area contributed by atoms with Gasteiger partial charge in [-0.25, -0.2) is 0 Å². The van der Waals surface area contributed by atoms with Gasteiger partial charge in [0.15, 0.2) is 0 Å². The van der Waals surface area contributed by atoms with Gasteiger partial charge in [-0.05, 0) is 108 Å². The fourth-order valence-electron chi connectivity index (χ4n) is 5.31. The van der Waals surface area contributed by atoms with Gasteiger partial charge in [-0.15, -0.1) is 0 Å². The Hall–Kier alpha value is -0.120. The van der Waals surface area contributed by atoms with Crippen molar-refractivity contribution in [1.82, 2.24) is 16.0 Å². The van der Waals surface area contributed by atoms with Gasteiger partial charge in [0.05, 0.1) is 0 Å². The molecule has 212 valence electrons. The number of unbranched alkanes of at least 4 members (excludes halogenated alkanes) is 10. The van der Waals surface area contributed by atoms with Crippen molar-refractivity contribution in [2.75, 3.05) is 39.3 Å². The van der Waals surface area contributed by atoms with Crippen molar-refractivity contribution >= 4 is 0 Å². The highest BCUT2D eigenvalue weighted by Gasteiger charge is 2.21. The average molecular weight is 504 g/mol. The van der Waals surface area contributed by atoms with E-state index in [9.17, 15) is 0 Å². The minimum Gasteiger partial charge on any atom is -0.317 e. The maximum Gasteiger partial charge on any atom is -0.00205 e. The molecular weight excluding hydrogens is 438 g/mol. The third kappa shape index (κ3) is 20.9. The summed E-state index contributed by atoms with van der Waals surface area (Å²) < 4.78 is 0. The minimum atomic E-state index is 1.01. The Kier molecular flexibility index (Phi) is 17.6. The molecule has 0 aromatic heterocycles. The minimum absolute atomic E-state index is 1.01. The van der Waals surface area contributed by atoms with Crippen LogP contribution in [0.5, 0.6) is 0 Å². The molecular formula is C33H65N3. The Morgan fingerprint density at radius 2 is 0.639 bits per heavy atom. The van der Waals surface area contributed by atoms with Crippen molar-refractivity contribution in [2.45, 2.75) is 148 Å². The maximum absolute atomic E-state index is 3.54. The molecule has 0 saturated heterocycles. The number of hydrogen-bond donors (Lipinski definition) is 3. The molecule has 0 bridgehead atoms. The number of nitrogens with one attached hydrogen (secondary N) is 3. The predicted octanol–water partition coefficient (Wildman–Crippen LogP) is 8.23. The standard InChI is InChI=1S/C18H34.C15H31N3/c1(3-5-7-9-11-17-13-14-17)2-4-6-8-10-12-18-15-16-18;1(2-9-17-12-14-4-5-14)8-16-10-3-11-18-13-15-6-7-15/h17-18H,1-16H2;14-18H,1-13H2. The van der Waals surface area contributed by atoms with E-state index in [0.29, 0.717) is 0 Å². The van der Waals surface area contributed by atoms with Gasteiger partial charge in [-0.2, -0.15) is 0 Å². The number of hydrogen-bond acceptors (Lipinski definition) is 3. The average Bonchev–Trinajstić information content (AvgIpc) is 3.72. The molecule has 0 heterocycles. The summed E-state index contributed by atoms with van der Waals surface area (Å²) in [6.07, 6.45) is 34.1. The lowest BCUT2D eigenvalue weighted by molar-refractivity contribution is 0.528. The van der Waals surface area contributed by atoms with Crippen molar-refractivity contribution in [3.05, 3.63) is 0 Å². The van der Waals surface area contributed by atoms with Crippen LogP contribution < -0.4 is 16.0 Å². The Morgan fingerprint density at radius 3 is 1.06 bits per heavy atom. The molecule has 4 rings (SSSR count). The lowest BCUT2D eigenvalue weighted by Crippen LogP contribution is -2.24. The summed E-state index contributed by atoms with van der Waals surface area (Å²) in [5.41, 5.74) is 0. The van der Waals surface area contributed by atoms with Gasteiger partial charge in [0, 0.05) is 0 Å². The van der Waals surface area contributed by atoms with Crippen LogP contribution in [0.2, 0.25) is 0 Å². The van der Waals surface area contributed by atoms with Crippen LogP contribution in [-0.4, -0.2) is 39.3 Å². The van der Waals surface area contributed by atoms with Gasteiger partial charge >= 0.3 is 0 Å². The van der Waals surface area contributed by atoms with Crippen LogP contribution in [0.15, 0.2) is 0 Å². The molecule has 0 amide bonds. The quantitative estimate of drug-likeness (QED) is 0.104. The van der Waals surface area contributed by atoms with Gasteiger partial charge in [0.25, 0.3) is 0 Å². The van der Waals surface area contributed by atoms with Gasteiger partial charge in [0.1, 0.15) is 0 Å². The van der Waals surface area contributed by atoms with Crippen molar-refractivity contribution in [3.63, 3.8) is 0 Å². The van der Waals surface area contributed by atoms with Crippen LogP contribution in [0.3, 0.4) is 0 Å². The van der Waals surface area contributed by atoms with E-state index in [4.69, 9.17) is 0 Å². The van der Waals surface area contributed by atoms with Gasteiger partial charge in [-0.3, -0.25) is 0 Å². The van der Waals surface area contributed by atoms with Crippen molar-refractivity contribution < 1.29 is 0 Å². The van der Waals surface area contributed by atoms with E-state index >= 15 is 0 Å². The van der Waals surface area contributed by atoms with Gasteiger partial charge in [-0.1, -0.05) is 103 Å². The van der Waals surface area contributed by atoms with E-state index in [1.807, 2.05) is 0 Å². The summed E-state index contributed by atoms with van der Waals surface area (Å²) in [7, 11) is 0. The zero-order chi connectivity index (χ0) is 24.9. The molecule has 0 atom stereocenters. The first-order valence-corrected chi connectivity index (χ1v) is 17.0. The summed E-state index contributed by atoms with van der Waals surface area (Å²) >= 11 is 0. The largest absolute Gasteiger partial charge is 0.317 e. The Bertz CT molecular complexity index is 391. The summed E-state index contributed by atoms with van der Waals surface area (Å²) in [6.45, 7) is 7.28.